The predicted molar refractivity (Wildman–Crippen MR) is 72.3 cm³/mol. The third kappa shape index (κ3) is 2.85. The quantitative estimate of drug-likeness (QED) is 0.886. The summed E-state index contributed by atoms with van der Waals surface area (Å²) in [6.07, 6.45) is 5.66. The van der Waals surface area contributed by atoms with Gasteiger partial charge in [-0.05, 0) is 12.8 Å². The standard InChI is InChI=1S/C12H18N4S/c1-4-16-8-13-6-10(16)11-7-15-12(17-11)14-5-9(2)3/h6-9H,4-5H2,1-3H3,(H,14,15). The van der Waals surface area contributed by atoms with E-state index in [-0.39, 0.29) is 0 Å². The second-order valence-electron chi connectivity index (χ2n) is 4.37. The van der Waals surface area contributed by atoms with Crippen molar-refractivity contribution in [2.45, 2.75) is 27.3 Å². The van der Waals surface area contributed by atoms with Crippen LogP contribution in [0, 0.1) is 5.92 Å². The van der Waals surface area contributed by atoms with E-state index in [1.54, 1.807) is 11.3 Å². The lowest BCUT2D eigenvalue weighted by Gasteiger charge is -2.04. The van der Waals surface area contributed by atoms with E-state index in [1.807, 2.05) is 18.7 Å². The Morgan fingerprint density at radius 1 is 1.41 bits per heavy atom. The summed E-state index contributed by atoms with van der Waals surface area (Å²) in [6, 6.07) is 0. The minimum Gasteiger partial charge on any atom is -0.361 e. The van der Waals surface area contributed by atoms with Crippen LogP contribution in [-0.4, -0.2) is 21.1 Å². The molecule has 0 bridgehead atoms. The van der Waals surface area contributed by atoms with Gasteiger partial charge < -0.3 is 9.88 Å². The number of aryl methyl sites for hydroxylation is 1. The van der Waals surface area contributed by atoms with Crippen LogP contribution in [0.2, 0.25) is 0 Å². The number of anilines is 1. The number of hydrogen-bond donors (Lipinski definition) is 1. The number of imidazole rings is 1. The highest BCUT2D eigenvalue weighted by molar-refractivity contribution is 7.18. The first-order chi connectivity index (χ1) is 8.20. The molecule has 17 heavy (non-hydrogen) atoms. The van der Waals surface area contributed by atoms with E-state index in [1.165, 1.54) is 0 Å². The molecule has 0 atom stereocenters. The number of hydrogen-bond acceptors (Lipinski definition) is 4. The van der Waals surface area contributed by atoms with Crippen molar-refractivity contribution < 1.29 is 0 Å². The Labute approximate surface area is 106 Å². The highest BCUT2D eigenvalue weighted by Crippen LogP contribution is 2.28. The molecule has 0 aliphatic heterocycles. The summed E-state index contributed by atoms with van der Waals surface area (Å²) in [5, 5.41) is 4.33. The zero-order valence-electron chi connectivity index (χ0n) is 10.5. The predicted octanol–water partition coefficient (Wildman–Crippen LogP) is 3.09. The minimum atomic E-state index is 0.628. The van der Waals surface area contributed by atoms with Crippen LogP contribution in [0.15, 0.2) is 18.7 Å². The molecule has 0 aliphatic rings. The maximum Gasteiger partial charge on any atom is 0.183 e. The van der Waals surface area contributed by atoms with Gasteiger partial charge in [-0.15, -0.1) is 0 Å². The van der Waals surface area contributed by atoms with Gasteiger partial charge in [-0.2, -0.15) is 0 Å². The van der Waals surface area contributed by atoms with E-state index < -0.39 is 0 Å². The first-order valence-corrected chi connectivity index (χ1v) is 6.72. The summed E-state index contributed by atoms with van der Waals surface area (Å²) < 4.78 is 2.12. The van der Waals surface area contributed by atoms with Crippen molar-refractivity contribution in [1.82, 2.24) is 14.5 Å². The van der Waals surface area contributed by atoms with Crippen molar-refractivity contribution in [3.63, 3.8) is 0 Å². The molecule has 5 heteroatoms. The topological polar surface area (TPSA) is 42.7 Å². The van der Waals surface area contributed by atoms with Crippen molar-refractivity contribution in [3.05, 3.63) is 18.7 Å². The van der Waals surface area contributed by atoms with Crippen molar-refractivity contribution >= 4 is 16.5 Å². The molecule has 0 radical (unpaired) electrons. The molecule has 2 aromatic rings. The molecule has 1 N–H and O–H groups in total. The first kappa shape index (κ1) is 12.1. The molecule has 0 fully saturated rings. The Kier molecular flexibility index (Phi) is 3.78. The lowest BCUT2D eigenvalue weighted by atomic mass is 10.2. The molecular formula is C12H18N4S. The Morgan fingerprint density at radius 2 is 2.24 bits per heavy atom. The van der Waals surface area contributed by atoms with Gasteiger partial charge in [-0.1, -0.05) is 25.2 Å². The molecule has 0 saturated carbocycles. The third-order valence-corrected chi connectivity index (χ3v) is 3.45. The fraction of sp³-hybridized carbons (Fsp3) is 0.500. The van der Waals surface area contributed by atoms with Gasteiger partial charge in [-0.25, -0.2) is 9.97 Å². The molecule has 4 nitrogen and oxygen atoms in total. The molecule has 0 aromatic carbocycles. The molecule has 2 rings (SSSR count). The number of thiazole rings is 1. The van der Waals surface area contributed by atoms with Crippen molar-refractivity contribution in [3.8, 4) is 10.6 Å². The number of nitrogens with one attached hydrogen (secondary N) is 1. The maximum absolute atomic E-state index is 4.39. The monoisotopic (exact) mass is 250 g/mol. The van der Waals surface area contributed by atoms with E-state index in [0.717, 1.165) is 28.8 Å². The van der Waals surface area contributed by atoms with Crippen LogP contribution in [0.4, 0.5) is 5.13 Å². The molecule has 0 aliphatic carbocycles. The van der Waals surface area contributed by atoms with Gasteiger partial charge in [0.15, 0.2) is 5.13 Å². The van der Waals surface area contributed by atoms with Crippen LogP contribution in [0.5, 0.6) is 0 Å². The summed E-state index contributed by atoms with van der Waals surface area (Å²) >= 11 is 1.68. The molecule has 2 heterocycles. The van der Waals surface area contributed by atoms with E-state index in [4.69, 9.17) is 0 Å². The lowest BCUT2D eigenvalue weighted by Crippen LogP contribution is -2.07. The zero-order valence-corrected chi connectivity index (χ0v) is 11.3. The maximum atomic E-state index is 4.39. The minimum absolute atomic E-state index is 0.628. The summed E-state index contributed by atoms with van der Waals surface area (Å²) in [5.41, 5.74) is 1.14. The van der Waals surface area contributed by atoms with Crippen LogP contribution in [0.1, 0.15) is 20.8 Å². The van der Waals surface area contributed by atoms with Crippen LogP contribution < -0.4 is 5.32 Å². The molecule has 0 unspecified atom stereocenters. The fourth-order valence-corrected chi connectivity index (χ4v) is 2.39. The number of aromatic nitrogens is 3. The van der Waals surface area contributed by atoms with Crippen molar-refractivity contribution in [2.75, 3.05) is 11.9 Å². The fourth-order valence-electron chi connectivity index (χ4n) is 1.54. The van der Waals surface area contributed by atoms with Gasteiger partial charge in [0.25, 0.3) is 0 Å². The Balaban J connectivity index is 2.12. The van der Waals surface area contributed by atoms with E-state index in [9.17, 15) is 0 Å². The van der Waals surface area contributed by atoms with Crippen LogP contribution in [-0.2, 0) is 6.54 Å². The molecule has 2 aromatic heterocycles. The van der Waals surface area contributed by atoms with Crippen LogP contribution >= 0.6 is 11.3 Å². The van der Waals surface area contributed by atoms with Gasteiger partial charge in [0.2, 0.25) is 0 Å². The van der Waals surface area contributed by atoms with E-state index in [2.05, 4.69) is 40.6 Å². The molecule has 0 amide bonds. The molecular weight excluding hydrogens is 232 g/mol. The second-order valence-corrected chi connectivity index (χ2v) is 5.40. The Morgan fingerprint density at radius 3 is 2.94 bits per heavy atom. The number of rotatable bonds is 5. The van der Waals surface area contributed by atoms with Gasteiger partial charge >= 0.3 is 0 Å². The third-order valence-electron chi connectivity index (χ3n) is 2.47. The summed E-state index contributed by atoms with van der Waals surface area (Å²) in [7, 11) is 0. The first-order valence-electron chi connectivity index (χ1n) is 5.91. The molecule has 0 saturated heterocycles. The van der Waals surface area contributed by atoms with E-state index in [0.29, 0.717) is 5.92 Å². The Hall–Kier alpha value is -1.36. The van der Waals surface area contributed by atoms with Crippen molar-refractivity contribution in [1.29, 1.82) is 0 Å². The van der Waals surface area contributed by atoms with E-state index >= 15 is 0 Å². The van der Waals surface area contributed by atoms with Crippen molar-refractivity contribution in [2.24, 2.45) is 5.92 Å². The highest BCUT2D eigenvalue weighted by atomic mass is 32.1. The van der Waals surface area contributed by atoms with Gasteiger partial charge in [-0.3, -0.25) is 0 Å². The largest absolute Gasteiger partial charge is 0.361 e. The van der Waals surface area contributed by atoms with Gasteiger partial charge in [0.1, 0.15) is 0 Å². The lowest BCUT2D eigenvalue weighted by molar-refractivity contribution is 0.688. The van der Waals surface area contributed by atoms with Gasteiger partial charge in [0.05, 0.1) is 23.1 Å². The van der Waals surface area contributed by atoms with Crippen LogP contribution in [0.25, 0.3) is 10.6 Å². The summed E-state index contributed by atoms with van der Waals surface area (Å²) in [5.74, 6) is 0.628. The average Bonchev–Trinajstić information content (AvgIpc) is 2.94. The van der Waals surface area contributed by atoms with Gasteiger partial charge in [0, 0.05) is 19.3 Å². The second kappa shape index (κ2) is 5.31. The number of nitrogens with zero attached hydrogens (tertiary/aromatic N) is 3. The zero-order chi connectivity index (χ0) is 12.3. The normalized spacial score (nSPS) is 11.1. The Bertz CT molecular complexity index is 472. The SMILES string of the molecule is CCn1cncc1-c1cnc(NCC(C)C)s1. The smallest absolute Gasteiger partial charge is 0.183 e. The molecule has 92 valence electrons. The summed E-state index contributed by atoms with van der Waals surface area (Å²) in [4.78, 5) is 9.72. The average molecular weight is 250 g/mol. The summed E-state index contributed by atoms with van der Waals surface area (Å²) in [6.45, 7) is 8.38. The molecule has 0 spiro atoms. The highest BCUT2D eigenvalue weighted by Gasteiger charge is 2.08. The van der Waals surface area contributed by atoms with Crippen LogP contribution in [0.3, 0.4) is 0 Å².